The van der Waals surface area contributed by atoms with Crippen LogP contribution in [0.15, 0.2) is 24.3 Å². The Hall–Kier alpha value is -1.97. The van der Waals surface area contributed by atoms with Gasteiger partial charge in [-0.3, -0.25) is 0 Å². The molecule has 0 saturated heterocycles. The van der Waals surface area contributed by atoms with Crippen molar-refractivity contribution < 1.29 is 4.74 Å². The fraction of sp³-hybridized carbons (Fsp3) is 0.438. The van der Waals surface area contributed by atoms with Crippen LogP contribution in [0.25, 0.3) is 11.3 Å². The van der Waals surface area contributed by atoms with E-state index in [1.807, 2.05) is 31.2 Å². The maximum Gasteiger partial charge on any atom is 0.131 e. The molecule has 4 nitrogen and oxygen atoms in total. The Morgan fingerprint density at radius 1 is 1.35 bits per heavy atom. The zero-order valence-electron chi connectivity index (χ0n) is 12.1. The van der Waals surface area contributed by atoms with Crippen LogP contribution in [0.3, 0.4) is 0 Å². The number of hydrogen-bond acceptors (Lipinski definition) is 3. The summed E-state index contributed by atoms with van der Waals surface area (Å²) in [6.45, 7) is 5.63. The lowest BCUT2D eigenvalue weighted by Gasteiger charge is -2.06. The van der Waals surface area contributed by atoms with E-state index in [4.69, 9.17) is 15.5 Å². The zero-order chi connectivity index (χ0) is 14.1. The van der Waals surface area contributed by atoms with Gasteiger partial charge in [0, 0.05) is 18.0 Å². The van der Waals surface area contributed by atoms with Crippen LogP contribution in [0, 0.1) is 0 Å². The highest BCUT2D eigenvalue weighted by Gasteiger charge is 2.30. The lowest BCUT2D eigenvalue weighted by molar-refractivity contribution is 0.340. The minimum atomic E-state index is 0.598. The molecule has 4 heteroatoms. The molecule has 1 fully saturated rings. The fourth-order valence-electron chi connectivity index (χ4n) is 2.58. The summed E-state index contributed by atoms with van der Waals surface area (Å²) >= 11 is 0. The molecule has 20 heavy (non-hydrogen) atoms. The number of nitrogens with two attached hydrogens (primary N) is 1. The molecular weight excluding hydrogens is 250 g/mol. The van der Waals surface area contributed by atoms with E-state index in [1.54, 1.807) is 0 Å². The quantitative estimate of drug-likeness (QED) is 0.906. The summed E-state index contributed by atoms with van der Waals surface area (Å²) in [5.41, 5.74) is 8.21. The molecule has 3 rings (SSSR count). The first-order valence-electron chi connectivity index (χ1n) is 7.33. The van der Waals surface area contributed by atoms with E-state index >= 15 is 0 Å². The number of hydrogen-bond donors (Lipinski definition) is 1. The van der Waals surface area contributed by atoms with Gasteiger partial charge in [-0.2, -0.15) is 0 Å². The van der Waals surface area contributed by atoms with Gasteiger partial charge in [0.25, 0.3) is 0 Å². The lowest BCUT2D eigenvalue weighted by atomic mass is 10.1. The van der Waals surface area contributed by atoms with Gasteiger partial charge in [0.1, 0.15) is 23.1 Å². The van der Waals surface area contributed by atoms with Crippen LogP contribution in [0.1, 0.15) is 38.4 Å². The predicted molar refractivity (Wildman–Crippen MR) is 80.9 cm³/mol. The van der Waals surface area contributed by atoms with Crippen molar-refractivity contribution in [2.75, 3.05) is 12.3 Å². The summed E-state index contributed by atoms with van der Waals surface area (Å²) in [5.74, 6) is 3.37. The summed E-state index contributed by atoms with van der Waals surface area (Å²) in [5, 5.41) is 0. The van der Waals surface area contributed by atoms with E-state index in [2.05, 4.69) is 11.5 Å². The molecule has 0 radical (unpaired) electrons. The molecule has 1 aliphatic carbocycles. The molecule has 1 heterocycles. The predicted octanol–water partition coefficient (Wildman–Crippen LogP) is 3.43. The number of aromatic nitrogens is 2. The third-order valence-electron chi connectivity index (χ3n) is 3.71. The average molecular weight is 271 g/mol. The molecule has 0 spiro atoms. The second-order valence-electron chi connectivity index (χ2n) is 5.18. The molecule has 0 bridgehead atoms. The van der Waals surface area contributed by atoms with E-state index in [-0.39, 0.29) is 0 Å². The van der Waals surface area contributed by atoms with Crippen LogP contribution in [0.2, 0.25) is 0 Å². The average Bonchev–Trinajstić information content (AvgIpc) is 3.23. The Morgan fingerprint density at radius 3 is 2.80 bits per heavy atom. The van der Waals surface area contributed by atoms with Crippen molar-refractivity contribution in [3.8, 4) is 17.0 Å². The first-order chi connectivity index (χ1) is 9.74. The molecule has 1 aliphatic rings. The molecular formula is C16H21N3O. The molecule has 0 aliphatic heterocycles. The molecule has 2 N–H and O–H groups in total. The van der Waals surface area contributed by atoms with Crippen LogP contribution in [0.5, 0.6) is 5.75 Å². The van der Waals surface area contributed by atoms with Crippen molar-refractivity contribution in [1.82, 2.24) is 9.55 Å². The van der Waals surface area contributed by atoms with Gasteiger partial charge < -0.3 is 15.0 Å². The Bertz CT molecular complexity index is 614. The van der Waals surface area contributed by atoms with Gasteiger partial charge >= 0.3 is 0 Å². The van der Waals surface area contributed by atoms with Gasteiger partial charge in [0.05, 0.1) is 6.61 Å². The third kappa shape index (κ3) is 2.26. The van der Waals surface area contributed by atoms with Crippen LogP contribution < -0.4 is 10.5 Å². The minimum Gasteiger partial charge on any atom is -0.494 e. The second-order valence-corrected chi connectivity index (χ2v) is 5.18. The smallest absolute Gasteiger partial charge is 0.131 e. The monoisotopic (exact) mass is 271 g/mol. The number of imidazole rings is 1. The highest BCUT2D eigenvalue weighted by atomic mass is 16.5. The Kier molecular flexibility index (Phi) is 3.38. The van der Waals surface area contributed by atoms with E-state index in [0.29, 0.717) is 12.5 Å². The molecule has 0 unspecified atom stereocenters. The van der Waals surface area contributed by atoms with Crippen LogP contribution in [-0.2, 0) is 6.54 Å². The number of anilines is 1. The van der Waals surface area contributed by atoms with E-state index in [9.17, 15) is 0 Å². The van der Waals surface area contributed by atoms with Gasteiger partial charge in [-0.15, -0.1) is 0 Å². The Morgan fingerprint density at radius 2 is 2.15 bits per heavy atom. The highest BCUT2D eigenvalue weighted by Crippen LogP contribution is 2.42. The topological polar surface area (TPSA) is 53.1 Å². The lowest BCUT2D eigenvalue weighted by Crippen LogP contribution is -2.04. The first-order valence-corrected chi connectivity index (χ1v) is 7.33. The molecule has 1 saturated carbocycles. The van der Waals surface area contributed by atoms with E-state index < -0.39 is 0 Å². The van der Waals surface area contributed by atoms with Crippen molar-refractivity contribution in [3.63, 3.8) is 0 Å². The fourth-order valence-corrected chi connectivity index (χ4v) is 2.58. The number of nitrogens with zero attached hydrogens (tertiary/aromatic N) is 2. The number of ether oxygens (including phenoxy) is 1. The summed E-state index contributed by atoms with van der Waals surface area (Å²) in [4.78, 5) is 4.80. The Labute approximate surface area is 119 Å². The molecule has 2 aromatic rings. The zero-order valence-corrected chi connectivity index (χ0v) is 12.1. The van der Waals surface area contributed by atoms with Gasteiger partial charge in [-0.05, 0) is 38.8 Å². The molecule has 0 amide bonds. The molecule has 106 valence electrons. The Balaban J connectivity index is 2.03. The standard InChI is InChI=1S/C16H21N3O/c1-3-19-15(17)14(18-16(19)11-8-9-11)12-6-5-7-13(10-12)20-4-2/h5-7,10-11H,3-4,8-9,17H2,1-2H3. The minimum absolute atomic E-state index is 0.598. The van der Waals surface area contributed by atoms with Gasteiger partial charge in [-0.25, -0.2) is 4.98 Å². The van der Waals surface area contributed by atoms with Crippen LogP contribution in [0.4, 0.5) is 5.82 Å². The van der Waals surface area contributed by atoms with E-state index in [0.717, 1.165) is 35.2 Å². The van der Waals surface area contributed by atoms with Crippen molar-refractivity contribution in [2.45, 2.75) is 39.2 Å². The summed E-state index contributed by atoms with van der Waals surface area (Å²) in [6, 6.07) is 8.00. The van der Waals surface area contributed by atoms with Crippen molar-refractivity contribution in [1.29, 1.82) is 0 Å². The van der Waals surface area contributed by atoms with Crippen molar-refractivity contribution in [3.05, 3.63) is 30.1 Å². The largest absolute Gasteiger partial charge is 0.494 e. The normalized spacial score (nSPS) is 14.5. The maximum absolute atomic E-state index is 6.30. The van der Waals surface area contributed by atoms with Crippen molar-refractivity contribution in [2.24, 2.45) is 0 Å². The van der Waals surface area contributed by atoms with Gasteiger partial charge in [0.2, 0.25) is 0 Å². The number of rotatable bonds is 5. The number of nitrogen functional groups attached to an aromatic ring is 1. The SMILES string of the molecule is CCOc1cccc(-c2nc(C3CC3)n(CC)c2N)c1. The third-order valence-corrected chi connectivity index (χ3v) is 3.71. The van der Waals surface area contributed by atoms with Crippen LogP contribution >= 0.6 is 0 Å². The van der Waals surface area contributed by atoms with E-state index in [1.165, 1.54) is 12.8 Å². The summed E-state index contributed by atoms with van der Waals surface area (Å²) in [7, 11) is 0. The summed E-state index contributed by atoms with van der Waals surface area (Å²) < 4.78 is 7.69. The van der Waals surface area contributed by atoms with Gasteiger partial charge in [0.15, 0.2) is 0 Å². The summed E-state index contributed by atoms with van der Waals surface area (Å²) in [6.07, 6.45) is 2.46. The maximum atomic E-state index is 6.30. The molecule has 0 atom stereocenters. The first kappa shape index (κ1) is 13.0. The van der Waals surface area contributed by atoms with Crippen LogP contribution in [-0.4, -0.2) is 16.2 Å². The second kappa shape index (κ2) is 5.19. The molecule has 1 aromatic carbocycles. The molecule has 1 aromatic heterocycles. The van der Waals surface area contributed by atoms with Gasteiger partial charge in [-0.1, -0.05) is 12.1 Å². The van der Waals surface area contributed by atoms with Crippen molar-refractivity contribution >= 4 is 5.82 Å². The number of benzene rings is 1. The highest BCUT2D eigenvalue weighted by molar-refractivity contribution is 5.72.